The van der Waals surface area contributed by atoms with E-state index in [-0.39, 0.29) is 22.2 Å². The normalized spacial score (nSPS) is 10.7. The van der Waals surface area contributed by atoms with Gasteiger partial charge in [-0.3, -0.25) is 9.59 Å². The molecule has 0 aliphatic carbocycles. The predicted molar refractivity (Wildman–Crippen MR) is 112 cm³/mol. The van der Waals surface area contributed by atoms with Crippen LogP contribution in [0.4, 0.5) is 16.3 Å². The van der Waals surface area contributed by atoms with Crippen LogP contribution in [0.1, 0.15) is 37.0 Å². The quantitative estimate of drug-likeness (QED) is 0.469. The van der Waals surface area contributed by atoms with E-state index in [0.717, 1.165) is 12.8 Å². The number of anilines is 2. The van der Waals surface area contributed by atoms with E-state index >= 15 is 0 Å². The number of carbonyl (C=O) groups excluding carboxylic acids is 3. The topological polar surface area (TPSA) is 146 Å². The fourth-order valence-electron chi connectivity index (χ4n) is 2.34. The van der Waals surface area contributed by atoms with Crippen molar-refractivity contribution >= 4 is 39.4 Å². The molecule has 0 saturated heterocycles. The van der Waals surface area contributed by atoms with Crippen molar-refractivity contribution in [2.24, 2.45) is 0 Å². The maximum Gasteiger partial charge on any atom is 0.328 e. The summed E-state index contributed by atoms with van der Waals surface area (Å²) in [5, 5.41) is 7.57. The van der Waals surface area contributed by atoms with Gasteiger partial charge in [-0.15, -0.1) is 0 Å². The monoisotopic (exact) mass is 433 g/mol. The Kier molecular flexibility index (Phi) is 7.87. The summed E-state index contributed by atoms with van der Waals surface area (Å²) >= 11 is 0. The standard InChI is InChI=1S/C19H23N5O5S/c1-3-4-10-21-19(27)24-30(28,29)16-7-5-15(6-8-16)23-18(26)14-9-11-20-17(12-14)22-13(2)25/h5-9,11-12H,3-4,10H2,1-2H3,(H,23,26)(H,20,22,25)(H2,21,24,27). The zero-order valence-corrected chi connectivity index (χ0v) is 17.4. The molecule has 10 nitrogen and oxygen atoms in total. The van der Waals surface area contributed by atoms with Crippen LogP contribution >= 0.6 is 0 Å². The first-order valence-corrected chi connectivity index (χ1v) is 10.7. The molecule has 0 bridgehead atoms. The number of nitrogens with one attached hydrogen (secondary N) is 4. The van der Waals surface area contributed by atoms with Crippen molar-refractivity contribution in [1.82, 2.24) is 15.0 Å². The third-order valence-electron chi connectivity index (χ3n) is 3.79. The number of hydrogen-bond donors (Lipinski definition) is 4. The van der Waals surface area contributed by atoms with Gasteiger partial charge < -0.3 is 16.0 Å². The summed E-state index contributed by atoms with van der Waals surface area (Å²) < 4.78 is 26.4. The molecule has 0 spiro atoms. The fraction of sp³-hybridized carbons (Fsp3) is 0.263. The van der Waals surface area contributed by atoms with Crippen LogP contribution in [-0.2, 0) is 14.8 Å². The zero-order valence-electron chi connectivity index (χ0n) is 16.6. The van der Waals surface area contributed by atoms with Crippen molar-refractivity contribution in [2.45, 2.75) is 31.6 Å². The number of nitrogens with zero attached hydrogens (tertiary/aromatic N) is 1. The maximum absolute atomic E-state index is 12.4. The van der Waals surface area contributed by atoms with Gasteiger partial charge in [0.2, 0.25) is 5.91 Å². The summed E-state index contributed by atoms with van der Waals surface area (Å²) in [6.07, 6.45) is 2.99. The fourth-order valence-corrected chi connectivity index (χ4v) is 3.27. The van der Waals surface area contributed by atoms with E-state index in [0.29, 0.717) is 12.2 Å². The molecule has 2 aromatic rings. The molecule has 160 valence electrons. The lowest BCUT2D eigenvalue weighted by Gasteiger charge is -2.10. The van der Waals surface area contributed by atoms with Crippen molar-refractivity contribution in [3.05, 3.63) is 48.2 Å². The van der Waals surface area contributed by atoms with Gasteiger partial charge in [0, 0.05) is 30.9 Å². The largest absolute Gasteiger partial charge is 0.337 e. The van der Waals surface area contributed by atoms with Gasteiger partial charge in [0.05, 0.1) is 4.90 Å². The number of hydrogen-bond acceptors (Lipinski definition) is 6. The highest BCUT2D eigenvalue weighted by Gasteiger charge is 2.17. The Labute approximate surface area is 174 Å². The first-order chi connectivity index (χ1) is 14.2. The molecule has 1 aromatic heterocycles. The smallest absolute Gasteiger partial charge is 0.328 e. The third kappa shape index (κ3) is 6.85. The van der Waals surface area contributed by atoms with E-state index in [2.05, 4.69) is 20.9 Å². The number of rotatable bonds is 8. The summed E-state index contributed by atoms with van der Waals surface area (Å²) in [6, 6.07) is 7.43. The Morgan fingerprint density at radius 2 is 1.73 bits per heavy atom. The minimum atomic E-state index is -4.03. The van der Waals surface area contributed by atoms with Gasteiger partial charge in [-0.05, 0) is 42.8 Å². The van der Waals surface area contributed by atoms with Crippen LogP contribution in [0.5, 0.6) is 0 Å². The Morgan fingerprint density at radius 1 is 1.03 bits per heavy atom. The highest BCUT2D eigenvalue weighted by molar-refractivity contribution is 7.90. The second kappa shape index (κ2) is 10.3. The number of aromatic nitrogens is 1. The zero-order chi connectivity index (χ0) is 22.1. The van der Waals surface area contributed by atoms with Crippen LogP contribution in [0.2, 0.25) is 0 Å². The molecule has 4 amide bonds. The van der Waals surface area contributed by atoms with Crippen LogP contribution in [0.3, 0.4) is 0 Å². The highest BCUT2D eigenvalue weighted by Crippen LogP contribution is 2.16. The highest BCUT2D eigenvalue weighted by atomic mass is 32.2. The summed E-state index contributed by atoms with van der Waals surface area (Å²) in [7, 11) is -4.03. The molecular formula is C19H23N5O5S. The van der Waals surface area contributed by atoms with Gasteiger partial charge in [-0.1, -0.05) is 13.3 Å². The van der Waals surface area contributed by atoms with Crippen molar-refractivity contribution in [3.8, 4) is 0 Å². The average Bonchev–Trinajstić information content (AvgIpc) is 2.68. The van der Waals surface area contributed by atoms with Crippen LogP contribution in [0, 0.1) is 0 Å². The molecule has 1 aromatic carbocycles. The molecule has 11 heteroatoms. The first kappa shape index (κ1) is 22.8. The van der Waals surface area contributed by atoms with Gasteiger partial charge >= 0.3 is 6.03 Å². The molecule has 0 atom stereocenters. The Morgan fingerprint density at radius 3 is 2.37 bits per heavy atom. The van der Waals surface area contributed by atoms with Gasteiger partial charge in [0.25, 0.3) is 15.9 Å². The SMILES string of the molecule is CCCCNC(=O)NS(=O)(=O)c1ccc(NC(=O)c2ccnc(NC(C)=O)c2)cc1. The number of unbranched alkanes of at least 4 members (excludes halogenated alkanes) is 1. The molecule has 0 radical (unpaired) electrons. The van der Waals surface area contributed by atoms with Gasteiger partial charge in [0.1, 0.15) is 5.82 Å². The summed E-state index contributed by atoms with van der Waals surface area (Å²) in [5.41, 5.74) is 0.611. The van der Waals surface area contributed by atoms with E-state index in [9.17, 15) is 22.8 Å². The number of benzene rings is 1. The average molecular weight is 433 g/mol. The molecule has 0 aliphatic heterocycles. The number of carbonyl (C=O) groups is 3. The van der Waals surface area contributed by atoms with Crippen LogP contribution in [0.15, 0.2) is 47.5 Å². The van der Waals surface area contributed by atoms with Gasteiger partial charge in [-0.2, -0.15) is 0 Å². The molecule has 2 rings (SSSR count). The number of amides is 4. The van der Waals surface area contributed by atoms with Crippen molar-refractivity contribution in [3.63, 3.8) is 0 Å². The van der Waals surface area contributed by atoms with E-state index < -0.39 is 22.0 Å². The van der Waals surface area contributed by atoms with Gasteiger partial charge in [-0.25, -0.2) is 22.9 Å². The molecule has 4 N–H and O–H groups in total. The molecule has 1 heterocycles. The molecular weight excluding hydrogens is 410 g/mol. The molecule has 0 unspecified atom stereocenters. The molecule has 0 saturated carbocycles. The molecule has 0 aliphatic rings. The second-order valence-electron chi connectivity index (χ2n) is 6.30. The van der Waals surface area contributed by atoms with Gasteiger partial charge in [0.15, 0.2) is 0 Å². The maximum atomic E-state index is 12.4. The Balaban J connectivity index is 2.02. The predicted octanol–water partition coefficient (Wildman–Crippen LogP) is 2.08. The minimum absolute atomic E-state index is 0.122. The second-order valence-corrected chi connectivity index (χ2v) is 7.99. The number of pyridine rings is 1. The summed E-state index contributed by atoms with van der Waals surface area (Å²) in [4.78, 5) is 39.0. The van der Waals surface area contributed by atoms with Crippen molar-refractivity contribution in [2.75, 3.05) is 17.2 Å². The lowest BCUT2D eigenvalue weighted by molar-refractivity contribution is -0.114. The van der Waals surface area contributed by atoms with E-state index in [1.54, 1.807) is 0 Å². The Bertz CT molecular complexity index is 1020. The number of sulfonamides is 1. The minimum Gasteiger partial charge on any atom is -0.337 e. The lowest BCUT2D eigenvalue weighted by Crippen LogP contribution is -2.39. The lowest BCUT2D eigenvalue weighted by atomic mass is 10.2. The van der Waals surface area contributed by atoms with Crippen LogP contribution in [0.25, 0.3) is 0 Å². The van der Waals surface area contributed by atoms with E-state index in [1.165, 1.54) is 49.5 Å². The number of urea groups is 1. The summed E-state index contributed by atoms with van der Waals surface area (Å²) in [6.45, 7) is 3.66. The molecule has 30 heavy (non-hydrogen) atoms. The van der Waals surface area contributed by atoms with E-state index in [1.807, 2.05) is 11.6 Å². The first-order valence-electron chi connectivity index (χ1n) is 9.17. The summed E-state index contributed by atoms with van der Waals surface area (Å²) in [5.74, 6) is -0.544. The van der Waals surface area contributed by atoms with E-state index in [4.69, 9.17) is 0 Å². The van der Waals surface area contributed by atoms with Crippen molar-refractivity contribution in [1.29, 1.82) is 0 Å². The molecule has 0 fully saturated rings. The van der Waals surface area contributed by atoms with Crippen molar-refractivity contribution < 1.29 is 22.8 Å². The third-order valence-corrected chi connectivity index (χ3v) is 5.14. The van der Waals surface area contributed by atoms with Crippen LogP contribution in [-0.4, -0.2) is 37.8 Å². The van der Waals surface area contributed by atoms with Crippen LogP contribution < -0.4 is 20.7 Å². The Hall–Kier alpha value is -3.47.